The molecule has 0 fully saturated rings. The minimum atomic E-state index is -4.24. The Labute approximate surface area is 91.5 Å². The van der Waals surface area contributed by atoms with E-state index in [1.807, 2.05) is 0 Å². The molecule has 0 N–H and O–H groups in total. The molecule has 0 atom stereocenters. The lowest BCUT2D eigenvalue weighted by Crippen LogP contribution is -2.11. The zero-order valence-electron chi connectivity index (χ0n) is 8.63. The molecule has 0 saturated carbocycles. The van der Waals surface area contributed by atoms with Crippen molar-refractivity contribution >= 4 is 5.78 Å². The van der Waals surface area contributed by atoms with E-state index in [1.165, 1.54) is 0 Å². The van der Waals surface area contributed by atoms with E-state index in [9.17, 15) is 18.0 Å². The summed E-state index contributed by atoms with van der Waals surface area (Å²) < 4.78 is 35.5. The van der Waals surface area contributed by atoms with Crippen molar-refractivity contribution in [1.82, 2.24) is 4.98 Å². The second-order valence-electron chi connectivity index (χ2n) is 3.51. The average molecular weight is 231 g/mol. The lowest BCUT2D eigenvalue weighted by molar-refractivity contribution is -0.143. The number of carbonyl (C=O) groups excluding carboxylic acids is 1. The van der Waals surface area contributed by atoms with Crippen LogP contribution >= 0.6 is 0 Å². The fraction of sp³-hybridized carbons (Fsp3) is 0.455. The Kier molecular flexibility index (Phi) is 4.46. The van der Waals surface area contributed by atoms with Gasteiger partial charge in [-0.3, -0.25) is 9.78 Å². The smallest absolute Gasteiger partial charge is 0.300 e. The van der Waals surface area contributed by atoms with Gasteiger partial charge in [0, 0.05) is 25.2 Å². The Bertz CT molecular complexity index is 335. The van der Waals surface area contributed by atoms with Crippen LogP contribution in [-0.2, 0) is 11.2 Å². The first kappa shape index (κ1) is 12.7. The SMILES string of the molecule is O=C(CCc1ccncc1)CCC(F)(F)F. The Balaban J connectivity index is 2.26. The minimum Gasteiger partial charge on any atom is -0.300 e. The highest BCUT2D eigenvalue weighted by atomic mass is 19.4. The van der Waals surface area contributed by atoms with E-state index < -0.39 is 19.0 Å². The first-order chi connectivity index (χ1) is 7.47. The summed E-state index contributed by atoms with van der Waals surface area (Å²) in [6.45, 7) is 0. The Morgan fingerprint density at radius 3 is 2.38 bits per heavy atom. The Hall–Kier alpha value is -1.39. The van der Waals surface area contributed by atoms with Gasteiger partial charge in [0.15, 0.2) is 0 Å². The molecule has 0 aliphatic heterocycles. The van der Waals surface area contributed by atoms with Gasteiger partial charge in [-0.15, -0.1) is 0 Å². The number of aryl methyl sites for hydroxylation is 1. The molecule has 0 radical (unpaired) electrons. The van der Waals surface area contributed by atoms with Gasteiger partial charge in [0.05, 0.1) is 6.42 Å². The molecule has 1 aromatic rings. The highest BCUT2D eigenvalue weighted by Crippen LogP contribution is 2.21. The average Bonchev–Trinajstić information content (AvgIpc) is 2.24. The van der Waals surface area contributed by atoms with E-state index in [1.54, 1.807) is 24.5 Å². The predicted octanol–water partition coefficient (Wildman–Crippen LogP) is 2.93. The number of ketones is 1. The molecule has 0 aliphatic rings. The molecule has 1 heterocycles. The van der Waals surface area contributed by atoms with Gasteiger partial charge < -0.3 is 0 Å². The van der Waals surface area contributed by atoms with Crippen molar-refractivity contribution in [2.24, 2.45) is 0 Å². The Morgan fingerprint density at radius 1 is 1.19 bits per heavy atom. The summed E-state index contributed by atoms with van der Waals surface area (Å²) in [5.74, 6) is -0.353. The number of hydrogen-bond acceptors (Lipinski definition) is 2. The van der Waals surface area contributed by atoms with Crippen LogP contribution in [0.2, 0.25) is 0 Å². The Morgan fingerprint density at radius 2 is 1.81 bits per heavy atom. The summed E-state index contributed by atoms with van der Waals surface area (Å²) in [6, 6.07) is 3.49. The summed E-state index contributed by atoms with van der Waals surface area (Å²) >= 11 is 0. The molecule has 0 bridgehead atoms. The summed E-state index contributed by atoms with van der Waals surface area (Å²) in [4.78, 5) is 15.0. The number of alkyl halides is 3. The van der Waals surface area contributed by atoms with Crippen LogP contribution in [0.3, 0.4) is 0 Å². The van der Waals surface area contributed by atoms with Gasteiger partial charge >= 0.3 is 6.18 Å². The number of carbonyl (C=O) groups is 1. The van der Waals surface area contributed by atoms with Gasteiger partial charge in [0.1, 0.15) is 5.78 Å². The standard InChI is InChI=1S/C11H12F3NO/c12-11(13,14)6-3-10(16)2-1-9-4-7-15-8-5-9/h4-5,7-8H,1-3,6H2. The summed E-state index contributed by atoms with van der Waals surface area (Å²) in [7, 11) is 0. The van der Waals surface area contributed by atoms with Gasteiger partial charge in [0.25, 0.3) is 0 Å². The van der Waals surface area contributed by atoms with Crippen LogP contribution in [0.1, 0.15) is 24.8 Å². The highest BCUT2D eigenvalue weighted by Gasteiger charge is 2.27. The van der Waals surface area contributed by atoms with Crippen LogP contribution in [-0.4, -0.2) is 16.9 Å². The second kappa shape index (κ2) is 5.63. The maximum Gasteiger partial charge on any atom is 0.389 e. The van der Waals surface area contributed by atoms with Crippen LogP contribution in [0.25, 0.3) is 0 Å². The van der Waals surface area contributed by atoms with Crippen molar-refractivity contribution in [2.45, 2.75) is 31.9 Å². The number of halogens is 3. The van der Waals surface area contributed by atoms with E-state index >= 15 is 0 Å². The molecule has 1 rings (SSSR count). The minimum absolute atomic E-state index is 0.153. The maximum atomic E-state index is 11.8. The third kappa shape index (κ3) is 5.48. The molecule has 0 saturated heterocycles. The zero-order valence-corrected chi connectivity index (χ0v) is 8.63. The summed E-state index contributed by atoms with van der Waals surface area (Å²) in [6.07, 6.45) is -1.88. The summed E-state index contributed by atoms with van der Waals surface area (Å²) in [5, 5.41) is 0. The molecular formula is C11H12F3NO. The zero-order chi connectivity index (χ0) is 12.0. The van der Waals surface area contributed by atoms with E-state index in [0.29, 0.717) is 6.42 Å². The molecule has 5 heteroatoms. The maximum absolute atomic E-state index is 11.8. The van der Waals surface area contributed by atoms with E-state index in [-0.39, 0.29) is 12.2 Å². The number of pyridine rings is 1. The third-order valence-electron chi connectivity index (χ3n) is 2.13. The number of Topliss-reactive ketones (excluding diaryl/α,β-unsaturated/α-hetero) is 1. The van der Waals surface area contributed by atoms with Crippen LogP contribution in [0.5, 0.6) is 0 Å². The van der Waals surface area contributed by atoms with E-state index in [0.717, 1.165) is 5.56 Å². The van der Waals surface area contributed by atoms with Gasteiger partial charge in [-0.2, -0.15) is 13.2 Å². The lowest BCUT2D eigenvalue weighted by atomic mass is 10.1. The van der Waals surface area contributed by atoms with E-state index in [2.05, 4.69) is 4.98 Å². The quantitative estimate of drug-likeness (QED) is 0.779. The fourth-order valence-corrected chi connectivity index (χ4v) is 1.24. The molecule has 0 aromatic carbocycles. The second-order valence-corrected chi connectivity index (χ2v) is 3.51. The van der Waals surface area contributed by atoms with Crippen LogP contribution in [0, 0.1) is 0 Å². The first-order valence-electron chi connectivity index (χ1n) is 4.95. The normalized spacial score (nSPS) is 11.4. The molecule has 0 amide bonds. The molecular weight excluding hydrogens is 219 g/mol. The fourth-order valence-electron chi connectivity index (χ4n) is 1.24. The molecule has 0 spiro atoms. The number of hydrogen-bond donors (Lipinski definition) is 0. The van der Waals surface area contributed by atoms with Crippen LogP contribution in [0.15, 0.2) is 24.5 Å². The van der Waals surface area contributed by atoms with Crippen molar-refractivity contribution in [3.8, 4) is 0 Å². The predicted molar refractivity (Wildman–Crippen MR) is 52.9 cm³/mol. The third-order valence-corrected chi connectivity index (χ3v) is 2.13. The van der Waals surface area contributed by atoms with Gasteiger partial charge in [-0.05, 0) is 24.1 Å². The van der Waals surface area contributed by atoms with Crippen LogP contribution < -0.4 is 0 Å². The van der Waals surface area contributed by atoms with Crippen molar-refractivity contribution in [3.05, 3.63) is 30.1 Å². The number of rotatable bonds is 5. The monoisotopic (exact) mass is 231 g/mol. The molecule has 2 nitrogen and oxygen atoms in total. The van der Waals surface area contributed by atoms with Crippen molar-refractivity contribution in [3.63, 3.8) is 0 Å². The molecule has 88 valence electrons. The van der Waals surface area contributed by atoms with Gasteiger partial charge in [-0.25, -0.2) is 0 Å². The van der Waals surface area contributed by atoms with Crippen LogP contribution in [0.4, 0.5) is 13.2 Å². The molecule has 0 aliphatic carbocycles. The van der Waals surface area contributed by atoms with E-state index in [4.69, 9.17) is 0 Å². The molecule has 1 aromatic heterocycles. The van der Waals surface area contributed by atoms with Crippen molar-refractivity contribution in [2.75, 3.05) is 0 Å². The first-order valence-corrected chi connectivity index (χ1v) is 4.95. The van der Waals surface area contributed by atoms with Crippen molar-refractivity contribution in [1.29, 1.82) is 0 Å². The van der Waals surface area contributed by atoms with Gasteiger partial charge in [0.2, 0.25) is 0 Å². The number of nitrogens with zero attached hydrogens (tertiary/aromatic N) is 1. The molecule has 0 unspecified atom stereocenters. The topological polar surface area (TPSA) is 30.0 Å². The highest BCUT2D eigenvalue weighted by molar-refractivity contribution is 5.78. The summed E-state index contributed by atoms with van der Waals surface area (Å²) in [5.41, 5.74) is 0.912. The molecule has 16 heavy (non-hydrogen) atoms. The lowest BCUT2D eigenvalue weighted by Gasteiger charge is -2.05. The number of aromatic nitrogens is 1. The largest absolute Gasteiger partial charge is 0.389 e. The van der Waals surface area contributed by atoms with Gasteiger partial charge in [-0.1, -0.05) is 0 Å². The van der Waals surface area contributed by atoms with Crippen molar-refractivity contribution < 1.29 is 18.0 Å².